The zero-order chi connectivity index (χ0) is 17.6. The highest BCUT2D eigenvalue weighted by atomic mass is 19.1. The molecule has 0 saturated carbocycles. The summed E-state index contributed by atoms with van der Waals surface area (Å²) < 4.78 is 13.4. The molecule has 2 heterocycles. The SMILES string of the molecule is N#Cc1cc(C(=O)O)c2c(ccc3nn(-c4cccc(F)c4)nc32)n1. The molecule has 0 aliphatic heterocycles. The van der Waals surface area contributed by atoms with E-state index in [4.69, 9.17) is 5.26 Å². The van der Waals surface area contributed by atoms with Crippen LogP contribution in [-0.2, 0) is 0 Å². The van der Waals surface area contributed by atoms with Gasteiger partial charge in [-0.15, -0.1) is 10.2 Å². The summed E-state index contributed by atoms with van der Waals surface area (Å²) in [5.74, 6) is -1.63. The Morgan fingerprint density at radius 2 is 1.96 bits per heavy atom. The lowest BCUT2D eigenvalue weighted by Gasteiger charge is -2.03. The number of rotatable bonds is 2. The predicted molar refractivity (Wildman–Crippen MR) is 85.8 cm³/mol. The molecule has 4 aromatic rings. The molecule has 2 aromatic carbocycles. The topological polar surface area (TPSA) is 105 Å². The third kappa shape index (κ3) is 2.35. The molecule has 0 aliphatic carbocycles. The summed E-state index contributed by atoms with van der Waals surface area (Å²) in [6.07, 6.45) is 0. The van der Waals surface area contributed by atoms with E-state index in [0.717, 1.165) is 0 Å². The van der Waals surface area contributed by atoms with Crippen molar-refractivity contribution in [1.82, 2.24) is 20.0 Å². The Morgan fingerprint density at radius 1 is 1.16 bits per heavy atom. The van der Waals surface area contributed by atoms with Gasteiger partial charge in [-0.25, -0.2) is 14.2 Å². The summed E-state index contributed by atoms with van der Waals surface area (Å²) in [6.45, 7) is 0. The average molecular weight is 333 g/mol. The van der Waals surface area contributed by atoms with Crippen molar-refractivity contribution in [2.24, 2.45) is 0 Å². The van der Waals surface area contributed by atoms with Crippen LogP contribution >= 0.6 is 0 Å². The number of halogens is 1. The number of carboxylic acids is 1. The second kappa shape index (κ2) is 5.35. The molecule has 25 heavy (non-hydrogen) atoms. The van der Waals surface area contributed by atoms with Crippen LogP contribution in [0.2, 0.25) is 0 Å². The lowest BCUT2D eigenvalue weighted by atomic mass is 10.1. The lowest BCUT2D eigenvalue weighted by Crippen LogP contribution is -2.01. The number of nitrogens with zero attached hydrogens (tertiary/aromatic N) is 5. The van der Waals surface area contributed by atoms with Gasteiger partial charge >= 0.3 is 5.97 Å². The van der Waals surface area contributed by atoms with Crippen molar-refractivity contribution in [2.45, 2.75) is 0 Å². The minimum absolute atomic E-state index is 0.00164. The van der Waals surface area contributed by atoms with E-state index in [1.54, 1.807) is 18.2 Å². The number of carboxylic acid groups (broad SMARTS) is 1. The third-order valence-electron chi connectivity index (χ3n) is 3.71. The molecule has 0 saturated heterocycles. The molecule has 0 atom stereocenters. The molecule has 0 fully saturated rings. The van der Waals surface area contributed by atoms with Crippen LogP contribution in [0.1, 0.15) is 16.1 Å². The molecule has 8 heteroatoms. The van der Waals surface area contributed by atoms with Crippen molar-refractivity contribution in [2.75, 3.05) is 0 Å². The Bertz CT molecular complexity index is 1210. The molecular formula is C17H8FN5O2. The van der Waals surface area contributed by atoms with Gasteiger partial charge in [-0.05, 0) is 30.3 Å². The molecule has 4 rings (SSSR count). The van der Waals surface area contributed by atoms with Crippen LogP contribution < -0.4 is 0 Å². The second-order valence-corrected chi connectivity index (χ2v) is 5.27. The van der Waals surface area contributed by atoms with E-state index in [1.807, 2.05) is 6.07 Å². The fourth-order valence-corrected chi connectivity index (χ4v) is 2.64. The van der Waals surface area contributed by atoms with Crippen molar-refractivity contribution in [1.29, 1.82) is 5.26 Å². The number of benzene rings is 2. The number of carbonyl (C=O) groups is 1. The van der Waals surface area contributed by atoms with Crippen LogP contribution in [0.5, 0.6) is 0 Å². The molecule has 0 radical (unpaired) electrons. The van der Waals surface area contributed by atoms with E-state index in [9.17, 15) is 14.3 Å². The fourth-order valence-electron chi connectivity index (χ4n) is 2.64. The minimum atomic E-state index is -1.20. The fraction of sp³-hybridized carbons (Fsp3) is 0. The maximum Gasteiger partial charge on any atom is 0.336 e. The number of hydrogen-bond donors (Lipinski definition) is 1. The molecule has 0 amide bonds. The third-order valence-corrected chi connectivity index (χ3v) is 3.71. The zero-order valence-corrected chi connectivity index (χ0v) is 12.5. The summed E-state index contributed by atoms with van der Waals surface area (Å²) in [4.78, 5) is 17.0. The first-order valence-corrected chi connectivity index (χ1v) is 7.17. The molecular weight excluding hydrogens is 325 g/mol. The Hall–Kier alpha value is -3.86. The van der Waals surface area contributed by atoms with Crippen molar-refractivity contribution in [3.63, 3.8) is 0 Å². The predicted octanol–water partition coefficient (Wildman–Crippen LogP) is 2.68. The van der Waals surface area contributed by atoms with Gasteiger partial charge in [0.2, 0.25) is 0 Å². The summed E-state index contributed by atoms with van der Waals surface area (Å²) in [5.41, 5.74) is 1.40. The van der Waals surface area contributed by atoms with Gasteiger partial charge in [0.25, 0.3) is 0 Å². The van der Waals surface area contributed by atoms with E-state index in [2.05, 4.69) is 15.2 Å². The zero-order valence-electron chi connectivity index (χ0n) is 12.5. The van der Waals surface area contributed by atoms with Crippen LogP contribution in [0.3, 0.4) is 0 Å². The molecule has 0 aliphatic rings. The Kier molecular flexibility index (Phi) is 3.15. The van der Waals surface area contributed by atoms with Gasteiger partial charge in [0, 0.05) is 11.5 Å². The molecule has 7 nitrogen and oxygen atoms in total. The largest absolute Gasteiger partial charge is 0.478 e. The monoisotopic (exact) mass is 333 g/mol. The van der Waals surface area contributed by atoms with Crippen molar-refractivity contribution < 1.29 is 14.3 Å². The van der Waals surface area contributed by atoms with Gasteiger partial charge in [0.1, 0.15) is 28.6 Å². The number of pyridine rings is 1. The van der Waals surface area contributed by atoms with E-state index >= 15 is 0 Å². The van der Waals surface area contributed by atoms with Gasteiger partial charge in [-0.2, -0.15) is 10.1 Å². The van der Waals surface area contributed by atoms with Crippen LogP contribution in [0.15, 0.2) is 42.5 Å². The van der Waals surface area contributed by atoms with Crippen LogP contribution in [-0.4, -0.2) is 31.1 Å². The first-order chi connectivity index (χ1) is 12.1. The van der Waals surface area contributed by atoms with E-state index in [0.29, 0.717) is 22.2 Å². The number of fused-ring (bicyclic) bond motifs is 3. The molecule has 0 unspecified atom stereocenters. The van der Waals surface area contributed by atoms with Gasteiger partial charge < -0.3 is 5.11 Å². The summed E-state index contributed by atoms with van der Waals surface area (Å²) in [5, 5.41) is 27.4. The number of aromatic carboxylic acids is 1. The summed E-state index contributed by atoms with van der Waals surface area (Å²) in [7, 11) is 0. The minimum Gasteiger partial charge on any atom is -0.478 e. The van der Waals surface area contributed by atoms with Crippen molar-refractivity contribution in [3.05, 3.63) is 59.5 Å². The van der Waals surface area contributed by atoms with Crippen LogP contribution in [0.25, 0.3) is 27.6 Å². The first kappa shape index (κ1) is 14.7. The van der Waals surface area contributed by atoms with Gasteiger partial charge in [-0.1, -0.05) is 6.07 Å². The first-order valence-electron chi connectivity index (χ1n) is 7.17. The molecule has 0 bridgehead atoms. The maximum absolute atomic E-state index is 13.4. The summed E-state index contributed by atoms with van der Waals surface area (Å²) in [6, 6.07) is 12.0. The van der Waals surface area contributed by atoms with E-state index in [1.165, 1.54) is 29.1 Å². The standard InChI is InChI=1S/C17H8FN5O2/c18-9-2-1-3-11(6-9)23-21-14-5-4-13-15(16(14)22-23)12(17(24)25)7-10(8-19)20-13/h1-7H,(H,24,25). The Balaban J connectivity index is 2.07. The lowest BCUT2D eigenvalue weighted by molar-refractivity contribution is 0.0699. The normalized spacial score (nSPS) is 10.9. The summed E-state index contributed by atoms with van der Waals surface area (Å²) >= 11 is 0. The maximum atomic E-state index is 13.4. The van der Waals surface area contributed by atoms with Crippen LogP contribution in [0.4, 0.5) is 4.39 Å². The van der Waals surface area contributed by atoms with Crippen molar-refractivity contribution in [3.8, 4) is 11.8 Å². The van der Waals surface area contributed by atoms with Gasteiger partial charge in [-0.3, -0.25) is 0 Å². The number of aromatic nitrogens is 4. The Morgan fingerprint density at radius 3 is 2.68 bits per heavy atom. The number of hydrogen-bond acceptors (Lipinski definition) is 5. The molecule has 2 aromatic heterocycles. The highest BCUT2D eigenvalue weighted by Crippen LogP contribution is 2.26. The van der Waals surface area contributed by atoms with Gasteiger partial charge in [0.15, 0.2) is 0 Å². The van der Waals surface area contributed by atoms with Crippen molar-refractivity contribution >= 4 is 27.9 Å². The molecule has 0 spiro atoms. The second-order valence-electron chi connectivity index (χ2n) is 5.27. The van der Waals surface area contributed by atoms with E-state index < -0.39 is 11.8 Å². The van der Waals surface area contributed by atoms with Gasteiger partial charge in [0.05, 0.1) is 16.8 Å². The van der Waals surface area contributed by atoms with Crippen LogP contribution in [0, 0.1) is 17.1 Å². The molecule has 120 valence electrons. The smallest absolute Gasteiger partial charge is 0.336 e. The quantitative estimate of drug-likeness (QED) is 0.605. The highest BCUT2D eigenvalue weighted by Gasteiger charge is 2.18. The number of nitriles is 1. The average Bonchev–Trinajstić information content (AvgIpc) is 3.05. The highest BCUT2D eigenvalue weighted by molar-refractivity contribution is 6.13. The Labute approximate surface area is 139 Å². The molecule has 1 N–H and O–H groups in total. The van der Waals surface area contributed by atoms with E-state index in [-0.39, 0.29) is 16.6 Å².